The molecule has 3 aliphatic carbocycles. The molecule has 0 atom stereocenters. The van der Waals surface area contributed by atoms with E-state index in [4.69, 9.17) is 0 Å². The molecule has 0 unspecified atom stereocenters. The van der Waals surface area contributed by atoms with Gasteiger partial charge in [0.05, 0.1) is 0 Å². The quantitative estimate of drug-likeness (QED) is 0.239. The van der Waals surface area contributed by atoms with Crippen LogP contribution >= 0.6 is 0 Å². The first-order chi connectivity index (χ1) is 2.45. The van der Waals surface area contributed by atoms with E-state index in [2.05, 4.69) is 0 Å². The monoisotopic (exact) mass is 74.1 g/mol. The topological polar surface area (TPSA) is 0 Å². The van der Waals surface area contributed by atoms with Gasteiger partial charge in [-0.1, -0.05) is 0 Å². The van der Waals surface area contributed by atoms with Crippen LogP contribution in [0.5, 0.6) is 0 Å². The molecule has 0 amide bonds. The van der Waals surface area contributed by atoms with Crippen molar-refractivity contribution in [1.29, 1.82) is 0 Å². The summed E-state index contributed by atoms with van der Waals surface area (Å²) >= 11 is 0. The van der Waals surface area contributed by atoms with Crippen molar-refractivity contribution in [3.05, 3.63) is 5.92 Å². The summed E-state index contributed by atoms with van der Waals surface area (Å²) in [5.41, 5.74) is 0. The Morgan fingerprint density at radius 2 is 1.33 bits per heavy atom. The van der Waals surface area contributed by atoms with E-state index in [1.807, 2.05) is 5.92 Å². The van der Waals surface area contributed by atoms with Gasteiger partial charge >= 0.3 is 18.9 Å². The normalized spacial score (nSPS) is 30.0. The predicted molar refractivity (Wildman–Crippen MR) is 20.6 cm³/mol. The van der Waals surface area contributed by atoms with Crippen LogP contribution in [0.4, 0.5) is 0 Å². The Balaban J connectivity index is 0.000000180. The molecule has 0 N–H and O–H groups in total. The molecule has 3 fully saturated rings. The minimum atomic E-state index is 0. The fourth-order valence-electron chi connectivity index (χ4n) is 1.05. The standard InChI is InChI=1S/C5H7.Li/c1-4-2-5(1)3-4;/h4H,1-3H2;/q-1;+1. The second-order valence-electron chi connectivity index (χ2n) is 2.23. The zero-order chi connectivity index (χ0) is 3.28. The number of hydrogen-bond donors (Lipinski definition) is 0. The maximum atomic E-state index is 1.83. The Bertz CT molecular complexity index is 40.7. The van der Waals surface area contributed by atoms with Gasteiger partial charge in [-0.05, 0) is 0 Å². The first-order valence-corrected chi connectivity index (χ1v) is 2.29. The van der Waals surface area contributed by atoms with Gasteiger partial charge in [0.1, 0.15) is 0 Å². The minimum absolute atomic E-state index is 0. The number of hydrogen-bond acceptors (Lipinski definition) is 0. The van der Waals surface area contributed by atoms with Crippen molar-refractivity contribution in [3.8, 4) is 0 Å². The number of rotatable bonds is 0. The molecule has 6 heavy (non-hydrogen) atoms. The van der Waals surface area contributed by atoms with Crippen molar-refractivity contribution >= 4 is 0 Å². The van der Waals surface area contributed by atoms with Crippen LogP contribution in [-0.4, -0.2) is 0 Å². The summed E-state index contributed by atoms with van der Waals surface area (Å²) in [5, 5.41) is 0. The smallest absolute Gasteiger partial charge is 0.313 e. The zero-order valence-electron chi connectivity index (χ0n) is 4.20. The summed E-state index contributed by atoms with van der Waals surface area (Å²) < 4.78 is 0. The van der Waals surface area contributed by atoms with E-state index < -0.39 is 0 Å². The molecule has 3 saturated carbocycles. The average Bonchev–Trinajstić information content (AvgIpc) is 0.592. The van der Waals surface area contributed by atoms with Crippen LogP contribution in [0.15, 0.2) is 0 Å². The molecule has 0 aromatic heterocycles. The largest absolute Gasteiger partial charge is 1.00 e. The van der Waals surface area contributed by atoms with E-state index in [1.165, 1.54) is 25.2 Å². The van der Waals surface area contributed by atoms with Crippen LogP contribution in [0.2, 0.25) is 0 Å². The van der Waals surface area contributed by atoms with Crippen LogP contribution in [0.25, 0.3) is 0 Å². The van der Waals surface area contributed by atoms with Crippen LogP contribution in [0.1, 0.15) is 19.3 Å². The van der Waals surface area contributed by atoms with Gasteiger partial charge in [0.15, 0.2) is 0 Å². The van der Waals surface area contributed by atoms with Crippen LogP contribution in [0.3, 0.4) is 0 Å². The molecular formula is C5H7Li. The summed E-state index contributed by atoms with van der Waals surface area (Å²) in [7, 11) is 0. The molecule has 3 aliphatic rings. The summed E-state index contributed by atoms with van der Waals surface area (Å²) in [6.45, 7) is 0. The van der Waals surface area contributed by atoms with Crippen molar-refractivity contribution in [2.24, 2.45) is 5.92 Å². The Morgan fingerprint density at radius 1 is 1.17 bits per heavy atom. The van der Waals surface area contributed by atoms with Gasteiger partial charge < -0.3 is 5.92 Å². The van der Waals surface area contributed by atoms with Gasteiger partial charge in [0.2, 0.25) is 0 Å². The van der Waals surface area contributed by atoms with Crippen molar-refractivity contribution in [3.63, 3.8) is 0 Å². The molecule has 1 heteroatoms. The van der Waals surface area contributed by atoms with Crippen LogP contribution in [0, 0.1) is 11.8 Å². The second-order valence-corrected chi connectivity index (χ2v) is 2.23. The average molecular weight is 74.1 g/mol. The summed E-state index contributed by atoms with van der Waals surface area (Å²) in [4.78, 5) is 0. The molecular weight excluding hydrogens is 67.0 g/mol. The first kappa shape index (κ1) is 4.75. The van der Waals surface area contributed by atoms with Gasteiger partial charge in [-0.3, -0.25) is 0 Å². The molecule has 28 valence electrons. The third kappa shape index (κ3) is 0.375. The fourth-order valence-corrected chi connectivity index (χ4v) is 1.05. The van der Waals surface area contributed by atoms with Gasteiger partial charge in [0.25, 0.3) is 0 Å². The van der Waals surface area contributed by atoms with Gasteiger partial charge in [-0.15, -0.1) is 5.92 Å². The molecule has 0 saturated heterocycles. The van der Waals surface area contributed by atoms with Crippen molar-refractivity contribution < 1.29 is 18.9 Å². The molecule has 2 bridgehead atoms. The Hall–Kier alpha value is 0.597. The zero-order valence-corrected chi connectivity index (χ0v) is 4.20. The third-order valence-electron chi connectivity index (χ3n) is 1.73. The minimum Gasteiger partial charge on any atom is -0.313 e. The Labute approximate surface area is 50.5 Å². The van der Waals surface area contributed by atoms with E-state index in [9.17, 15) is 0 Å². The molecule has 0 spiro atoms. The summed E-state index contributed by atoms with van der Waals surface area (Å²) in [6, 6.07) is 0. The second kappa shape index (κ2) is 1.28. The molecule has 0 radical (unpaired) electrons. The predicted octanol–water partition coefficient (Wildman–Crippen LogP) is -1.62. The van der Waals surface area contributed by atoms with Crippen molar-refractivity contribution in [2.45, 2.75) is 19.3 Å². The van der Waals surface area contributed by atoms with Crippen molar-refractivity contribution in [1.82, 2.24) is 0 Å². The molecule has 0 aromatic rings. The Kier molecular flexibility index (Phi) is 1.02. The van der Waals surface area contributed by atoms with Gasteiger partial charge in [-0.25, -0.2) is 0 Å². The van der Waals surface area contributed by atoms with Gasteiger partial charge in [0, 0.05) is 0 Å². The van der Waals surface area contributed by atoms with E-state index >= 15 is 0 Å². The molecule has 0 nitrogen and oxygen atoms in total. The maximum absolute atomic E-state index is 1.83. The van der Waals surface area contributed by atoms with Crippen molar-refractivity contribution in [2.75, 3.05) is 0 Å². The van der Waals surface area contributed by atoms with Crippen LogP contribution < -0.4 is 18.9 Å². The fraction of sp³-hybridized carbons (Fsp3) is 0.800. The summed E-state index contributed by atoms with van der Waals surface area (Å²) in [5.74, 6) is 3.00. The van der Waals surface area contributed by atoms with E-state index in [1.54, 1.807) is 0 Å². The van der Waals surface area contributed by atoms with E-state index in [-0.39, 0.29) is 18.9 Å². The SMILES string of the molecule is C1[C-]2CC1C2.[Li+]. The summed E-state index contributed by atoms with van der Waals surface area (Å²) in [6.07, 6.45) is 4.50. The first-order valence-electron chi connectivity index (χ1n) is 2.29. The molecule has 0 heterocycles. The van der Waals surface area contributed by atoms with E-state index in [0.29, 0.717) is 0 Å². The molecule has 3 rings (SSSR count). The maximum Gasteiger partial charge on any atom is 1.00 e. The van der Waals surface area contributed by atoms with Crippen LogP contribution in [-0.2, 0) is 0 Å². The third-order valence-corrected chi connectivity index (χ3v) is 1.73. The van der Waals surface area contributed by atoms with Gasteiger partial charge in [-0.2, -0.15) is 19.3 Å². The molecule has 0 aliphatic heterocycles. The molecule has 0 aromatic carbocycles. The Morgan fingerprint density at radius 3 is 1.33 bits per heavy atom. The van der Waals surface area contributed by atoms with E-state index in [0.717, 1.165) is 0 Å².